The summed E-state index contributed by atoms with van der Waals surface area (Å²) >= 11 is 12.3. The maximum Gasteiger partial charge on any atom is 0.141 e. The largest absolute Gasteiger partial charge is 0.486 e. The number of rotatable bonds is 4. The van der Waals surface area contributed by atoms with Crippen LogP contribution in [-0.4, -0.2) is 32.1 Å². The molecule has 0 amide bonds. The molecule has 0 saturated carbocycles. The van der Waals surface area contributed by atoms with Crippen molar-refractivity contribution in [2.24, 2.45) is 5.41 Å². The molecule has 0 radical (unpaired) electrons. The van der Waals surface area contributed by atoms with Gasteiger partial charge in [0, 0.05) is 17.0 Å². The Kier molecular flexibility index (Phi) is 4.78. The van der Waals surface area contributed by atoms with Crippen LogP contribution in [0.1, 0.15) is 38.8 Å². The highest BCUT2D eigenvalue weighted by molar-refractivity contribution is 6.35. The predicted octanol–water partition coefficient (Wildman–Crippen LogP) is 3.93. The lowest BCUT2D eigenvalue weighted by Crippen LogP contribution is -2.36. The summed E-state index contributed by atoms with van der Waals surface area (Å²) in [6.45, 7) is 6.03. The minimum atomic E-state index is -0.502. The Balaban J connectivity index is 1.87. The first-order chi connectivity index (χ1) is 11.3. The fraction of sp³-hybridized carbons (Fsp3) is 0.529. The first kappa shape index (κ1) is 17.5. The summed E-state index contributed by atoms with van der Waals surface area (Å²) in [7, 11) is 0. The van der Waals surface area contributed by atoms with E-state index in [0.717, 1.165) is 5.56 Å². The maximum absolute atomic E-state index is 10.6. The molecule has 1 N–H and O–H groups in total. The van der Waals surface area contributed by atoms with E-state index in [1.165, 1.54) is 6.33 Å². The van der Waals surface area contributed by atoms with E-state index in [9.17, 15) is 5.11 Å². The minimum absolute atomic E-state index is 0.149. The van der Waals surface area contributed by atoms with Gasteiger partial charge in [0.05, 0.1) is 17.2 Å². The van der Waals surface area contributed by atoms with Gasteiger partial charge in [0.1, 0.15) is 24.5 Å². The lowest BCUT2D eigenvalue weighted by molar-refractivity contribution is 0.0210. The number of aliphatic hydroxyl groups is 1. The molecule has 0 saturated heterocycles. The molecule has 0 bridgehead atoms. The van der Waals surface area contributed by atoms with Crippen LogP contribution in [0.5, 0.6) is 5.75 Å². The standard InChI is InChI=1S/C17H21Cl2N3O2/c1-17(2,3)15(23)7-13(22-9-20-8-21-22)14-5-10-4-11(18)6-12(19)16(10)24-14/h4,6,8-9,13-15,23H,5,7H2,1-3H3. The molecule has 1 aromatic carbocycles. The number of ether oxygens (including phenoxy) is 1. The van der Waals surface area contributed by atoms with Gasteiger partial charge in [-0.2, -0.15) is 5.10 Å². The number of aliphatic hydroxyl groups excluding tert-OH is 1. The lowest BCUT2D eigenvalue weighted by atomic mass is 9.84. The molecule has 24 heavy (non-hydrogen) atoms. The molecule has 1 aromatic heterocycles. The van der Waals surface area contributed by atoms with Crippen molar-refractivity contribution in [2.75, 3.05) is 0 Å². The van der Waals surface area contributed by atoms with Gasteiger partial charge in [-0.3, -0.25) is 0 Å². The van der Waals surface area contributed by atoms with E-state index in [1.54, 1.807) is 17.1 Å². The van der Waals surface area contributed by atoms with Crippen molar-refractivity contribution in [1.82, 2.24) is 14.8 Å². The van der Waals surface area contributed by atoms with Gasteiger partial charge in [0.25, 0.3) is 0 Å². The highest BCUT2D eigenvalue weighted by Crippen LogP contribution is 2.42. The van der Waals surface area contributed by atoms with E-state index in [-0.39, 0.29) is 17.6 Å². The Bertz CT molecular complexity index is 713. The van der Waals surface area contributed by atoms with E-state index in [2.05, 4.69) is 10.1 Å². The summed E-state index contributed by atoms with van der Waals surface area (Å²) in [4.78, 5) is 4.03. The van der Waals surface area contributed by atoms with Gasteiger partial charge in [-0.05, 0) is 24.0 Å². The molecule has 7 heteroatoms. The van der Waals surface area contributed by atoms with Crippen molar-refractivity contribution in [3.63, 3.8) is 0 Å². The van der Waals surface area contributed by atoms with E-state index in [1.807, 2.05) is 26.8 Å². The predicted molar refractivity (Wildman–Crippen MR) is 93.7 cm³/mol. The smallest absolute Gasteiger partial charge is 0.141 e. The second-order valence-corrected chi connectivity index (χ2v) is 8.14. The Morgan fingerprint density at radius 1 is 1.38 bits per heavy atom. The Morgan fingerprint density at radius 3 is 2.75 bits per heavy atom. The van der Waals surface area contributed by atoms with Crippen molar-refractivity contribution in [1.29, 1.82) is 0 Å². The molecule has 0 fully saturated rings. The fourth-order valence-corrected chi connectivity index (χ4v) is 3.50. The number of fused-ring (bicyclic) bond motifs is 1. The summed E-state index contributed by atoms with van der Waals surface area (Å²) < 4.78 is 7.85. The molecule has 130 valence electrons. The van der Waals surface area contributed by atoms with Crippen LogP contribution in [0.2, 0.25) is 10.0 Å². The lowest BCUT2D eigenvalue weighted by Gasteiger charge is -2.31. The SMILES string of the molecule is CC(C)(C)C(O)CC(C1Cc2cc(Cl)cc(Cl)c2O1)n1cncn1. The highest BCUT2D eigenvalue weighted by Gasteiger charge is 2.37. The number of benzene rings is 1. The van der Waals surface area contributed by atoms with Crippen molar-refractivity contribution >= 4 is 23.2 Å². The Labute approximate surface area is 151 Å². The van der Waals surface area contributed by atoms with E-state index in [4.69, 9.17) is 27.9 Å². The van der Waals surface area contributed by atoms with Gasteiger partial charge in [-0.1, -0.05) is 44.0 Å². The van der Waals surface area contributed by atoms with Crippen LogP contribution in [0.4, 0.5) is 0 Å². The zero-order valence-corrected chi connectivity index (χ0v) is 15.4. The van der Waals surface area contributed by atoms with Gasteiger partial charge in [-0.15, -0.1) is 0 Å². The van der Waals surface area contributed by atoms with E-state index in [0.29, 0.717) is 28.6 Å². The van der Waals surface area contributed by atoms with Crippen LogP contribution in [0.25, 0.3) is 0 Å². The summed E-state index contributed by atoms with van der Waals surface area (Å²) in [5, 5.41) is 15.9. The first-order valence-corrected chi connectivity index (χ1v) is 8.68. The Hall–Kier alpha value is -1.30. The molecule has 2 aromatic rings. The maximum atomic E-state index is 10.6. The van der Waals surface area contributed by atoms with Crippen molar-refractivity contribution in [3.05, 3.63) is 40.4 Å². The van der Waals surface area contributed by atoms with E-state index >= 15 is 0 Å². The van der Waals surface area contributed by atoms with Crippen LogP contribution in [0.3, 0.4) is 0 Å². The molecule has 5 nitrogen and oxygen atoms in total. The quantitative estimate of drug-likeness (QED) is 0.886. The van der Waals surface area contributed by atoms with Crippen molar-refractivity contribution < 1.29 is 9.84 Å². The molecule has 3 unspecified atom stereocenters. The normalized spacial score (nSPS) is 19.7. The number of hydrogen-bond donors (Lipinski definition) is 1. The zero-order valence-electron chi connectivity index (χ0n) is 13.9. The average Bonchev–Trinajstić information content (AvgIpc) is 3.12. The number of aromatic nitrogens is 3. The van der Waals surface area contributed by atoms with Crippen LogP contribution >= 0.6 is 23.2 Å². The third-order valence-corrected chi connectivity index (χ3v) is 4.94. The van der Waals surface area contributed by atoms with Crippen LogP contribution in [-0.2, 0) is 6.42 Å². The van der Waals surface area contributed by atoms with Gasteiger partial charge in [0.15, 0.2) is 0 Å². The number of hydrogen-bond acceptors (Lipinski definition) is 4. The second kappa shape index (κ2) is 6.54. The van der Waals surface area contributed by atoms with Crippen molar-refractivity contribution in [3.8, 4) is 5.75 Å². The van der Waals surface area contributed by atoms with Crippen LogP contribution in [0.15, 0.2) is 24.8 Å². The molecule has 1 aliphatic heterocycles. The zero-order chi connectivity index (χ0) is 17.5. The first-order valence-electron chi connectivity index (χ1n) is 7.92. The van der Waals surface area contributed by atoms with Gasteiger partial charge in [-0.25, -0.2) is 9.67 Å². The van der Waals surface area contributed by atoms with Crippen molar-refractivity contribution in [2.45, 2.75) is 51.9 Å². The third-order valence-electron chi connectivity index (χ3n) is 4.45. The van der Waals surface area contributed by atoms with Gasteiger partial charge in [0.2, 0.25) is 0 Å². The molecule has 0 aliphatic carbocycles. The summed E-state index contributed by atoms with van der Waals surface area (Å²) in [6.07, 6.45) is 3.63. The average molecular weight is 370 g/mol. The Morgan fingerprint density at radius 2 is 2.12 bits per heavy atom. The molecule has 3 atom stereocenters. The minimum Gasteiger partial charge on any atom is -0.486 e. The number of nitrogens with zero attached hydrogens (tertiary/aromatic N) is 3. The summed E-state index contributed by atoms with van der Waals surface area (Å²) in [6, 6.07) is 3.41. The highest BCUT2D eigenvalue weighted by atomic mass is 35.5. The summed E-state index contributed by atoms with van der Waals surface area (Å²) in [5.74, 6) is 0.668. The van der Waals surface area contributed by atoms with Gasteiger partial charge >= 0.3 is 0 Å². The van der Waals surface area contributed by atoms with E-state index < -0.39 is 6.10 Å². The molecule has 1 aliphatic rings. The topological polar surface area (TPSA) is 60.2 Å². The molecular formula is C17H21Cl2N3O2. The van der Waals surface area contributed by atoms with Gasteiger partial charge < -0.3 is 9.84 Å². The molecule has 3 rings (SSSR count). The van der Waals surface area contributed by atoms with Crippen LogP contribution in [0, 0.1) is 5.41 Å². The molecule has 0 spiro atoms. The molecule has 2 heterocycles. The van der Waals surface area contributed by atoms with Crippen LogP contribution < -0.4 is 4.74 Å². The fourth-order valence-electron chi connectivity index (χ4n) is 2.92. The third kappa shape index (κ3) is 3.53. The summed E-state index contributed by atoms with van der Waals surface area (Å²) in [5.41, 5.74) is 0.749. The molecular weight excluding hydrogens is 349 g/mol. The second-order valence-electron chi connectivity index (χ2n) is 7.30. The monoisotopic (exact) mass is 369 g/mol. The number of halogens is 2.